The lowest BCUT2D eigenvalue weighted by Gasteiger charge is -1.85. The number of carbonyl (C=O) groups is 1. The average molecular weight is 158 g/mol. The summed E-state index contributed by atoms with van der Waals surface area (Å²) in [5.41, 5.74) is 0. The van der Waals surface area contributed by atoms with Gasteiger partial charge < -0.3 is 10.2 Å². The van der Waals surface area contributed by atoms with Crippen LogP contribution in [0, 0.1) is 0 Å². The minimum atomic E-state index is -0.873. The summed E-state index contributed by atoms with van der Waals surface area (Å²) < 4.78 is 0. The van der Waals surface area contributed by atoms with Crippen LogP contribution < -0.4 is 0 Å². The van der Waals surface area contributed by atoms with E-state index in [1.165, 1.54) is 22.8 Å². The van der Waals surface area contributed by atoms with Crippen LogP contribution in [-0.2, 0) is 11.2 Å². The summed E-state index contributed by atoms with van der Waals surface area (Å²) >= 11 is 1.25. The Morgan fingerprint density at radius 3 is 2.80 bits per heavy atom. The Labute approximate surface area is 61.6 Å². The van der Waals surface area contributed by atoms with Gasteiger partial charge in [0.1, 0.15) is 5.75 Å². The van der Waals surface area contributed by atoms with Crippen LogP contribution in [-0.4, -0.2) is 16.2 Å². The molecule has 1 aromatic heterocycles. The largest absolute Gasteiger partial charge is 0.507 e. The lowest BCUT2D eigenvalue weighted by Crippen LogP contribution is -1.96. The van der Waals surface area contributed by atoms with Crippen molar-refractivity contribution in [1.82, 2.24) is 0 Å². The summed E-state index contributed by atoms with van der Waals surface area (Å²) in [6.45, 7) is 0. The fraction of sp³-hybridized carbons (Fsp3) is 0.167. The average Bonchev–Trinajstić information content (AvgIpc) is 2.13. The molecule has 54 valence electrons. The van der Waals surface area contributed by atoms with Crippen LogP contribution in [0.1, 0.15) is 4.88 Å². The number of carboxylic acid groups (broad SMARTS) is 1. The SMILES string of the molecule is O=C(O)Cc1cc(O)cs1. The Morgan fingerprint density at radius 2 is 2.40 bits per heavy atom. The van der Waals surface area contributed by atoms with E-state index in [0.29, 0.717) is 4.88 Å². The van der Waals surface area contributed by atoms with E-state index in [1.54, 1.807) is 0 Å². The number of hydrogen-bond acceptors (Lipinski definition) is 3. The topological polar surface area (TPSA) is 57.5 Å². The van der Waals surface area contributed by atoms with E-state index in [-0.39, 0.29) is 12.2 Å². The van der Waals surface area contributed by atoms with E-state index >= 15 is 0 Å². The molecule has 1 heterocycles. The number of aromatic hydroxyl groups is 1. The molecule has 0 aliphatic rings. The fourth-order valence-corrected chi connectivity index (χ4v) is 1.35. The third kappa shape index (κ3) is 1.73. The van der Waals surface area contributed by atoms with E-state index in [0.717, 1.165) is 0 Å². The molecule has 0 saturated heterocycles. The second-order valence-corrected chi connectivity index (χ2v) is 2.84. The smallest absolute Gasteiger partial charge is 0.308 e. The highest BCUT2D eigenvalue weighted by molar-refractivity contribution is 7.10. The molecule has 1 rings (SSSR count). The first kappa shape index (κ1) is 7.08. The fourth-order valence-electron chi connectivity index (χ4n) is 0.611. The molecule has 10 heavy (non-hydrogen) atoms. The Bertz CT molecular complexity index is 241. The van der Waals surface area contributed by atoms with Gasteiger partial charge in [-0.05, 0) is 6.07 Å². The van der Waals surface area contributed by atoms with Crippen molar-refractivity contribution in [2.75, 3.05) is 0 Å². The minimum absolute atomic E-state index is 0.00870. The van der Waals surface area contributed by atoms with Gasteiger partial charge in [0.25, 0.3) is 0 Å². The maximum Gasteiger partial charge on any atom is 0.308 e. The molecule has 4 heteroatoms. The van der Waals surface area contributed by atoms with E-state index in [1.807, 2.05) is 0 Å². The van der Waals surface area contributed by atoms with E-state index < -0.39 is 5.97 Å². The zero-order valence-electron chi connectivity index (χ0n) is 5.07. The number of hydrogen-bond donors (Lipinski definition) is 2. The first-order valence-corrected chi connectivity index (χ1v) is 3.54. The zero-order valence-corrected chi connectivity index (χ0v) is 5.89. The first-order chi connectivity index (χ1) is 4.68. The maximum atomic E-state index is 10.1. The lowest BCUT2D eigenvalue weighted by atomic mass is 10.3. The zero-order chi connectivity index (χ0) is 7.56. The van der Waals surface area contributed by atoms with E-state index in [9.17, 15) is 4.79 Å². The molecule has 2 N–H and O–H groups in total. The molecule has 0 unspecified atom stereocenters. The minimum Gasteiger partial charge on any atom is -0.507 e. The van der Waals surface area contributed by atoms with E-state index in [2.05, 4.69) is 0 Å². The first-order valence-electron chi connectivity index (χ1n) is 2.66. The van der Waals surface area contributed by atoms with Gasteiger partial charge >= 0.3 is 5.97 Å². The molecule has 0 fully saturated rings. The van der Waals surface area contributed by atoms with Gasteiger partial charge in [-0.3, -0.25) is 4.79 Å². The summed E-state index contributed by atoms with van der Waals surface area (Å²) in [6, 6.07) is 1.46. The third-order valence-corrected chi connectivity index (χ3v) is 1.89. The van der Waals surface area contributed by atoms with Crippen LogP contribution in [0.25, 0.3) is 0 Å². The van der Waals surface area contributed by atoms with Crippen molar-refractivity contribution in [3.05, 3.63) is 16.3 Å². The second-order valence-electron chi connectivity index (χ2n) is 1.84. The molecule has 0 radical (unpaired) electrons. The van der Waals surface area contributed by atoms with Crippen molar-refractivity contribution < 1.29 is 15.0 Å². The van der Waals surface area contributed by atoms with Gasteiger partial charge in [-0.1, -0.05) is 0 Å². The summed E-state index contributed by atoms with van der Waals surface area (Å²) in [5.74, 6) is -0.733. The summed E-state index contributed by atoms with van der Waals surface area (Å²) in [5, 5.41) is 18.6. The highest BCUT2D eigenvalue weighted by Gasteiger charge is 2.02. The van der Waals surface area contributed by atoms with Gasteiger partial charge in [0.2, 0.25) is 0 Å². The Morgan fingerprint density at radius 1 is 1.70 bits per heavy atom. The molecule has 0 saturated carbocycles. The highest BCUT2D eigenvalue weighted by atomic mass is 32.1. The van der Waals surface area contributed by atoms with Gasteiger partial charge in [-0.15, -0.1) is 11.3 Å². The molecule has 3 nitrogen and oxygen atoms in total. The molecule has 0 aromatic carbocycles. The second kappa shape index (κ2) is 2.70. The van der Waals surface area contributed by atoms with Crippen LogP contribution >= 0.6 is 11.3 Å². The van der Waals surface area contributed by atoms with Crippen molar-refractivity contribution in [3.63, 3.8) is 0 Å². The van der Waals surface area contributed by atoms with Crippen LogP contribution in [0.2, 0.25) is 0 Å². The molecule has 0 atom stereocenters. The Balaban J connectivity index is 2.67. The molecule has 0 amide bonds. The Hall–Kier alpha value is -1.03. The number of carboxylic acids is 1. The standard InChI is InChI=1S/C6H6O3S/c7-4-1-5(10-3-4)2-6(8)9/h1,3,7H,2H2,(H,8,9). The molecule has 1 aromatic rings. The van der Waals surface area contributed by atoms with Crippen molar-refractivity contribution in [1.29, 1.82) is 0 Å². The van der Waals surface area contributed by atoms with Crippen LogP contribution in [0.3, 0.4) is 0 Å². The molecule has 0 aliphatic heterocycles. The quantitative estimate of drug-likeness (QED) is 0.677. The third-order valence-electron chi connectivity index (χ3n) is 0.965. The monoisotopic (exact) mass is 158 g/mol. The van der Waals surface area contributed by atoms with Crippen molar-refractivity contribution in [3.8, 4) is 5.75 Å². The predicted octanol–water partition coefficient (Wildman–Crippen LogP) is 1.08. The summed E-state index contributed by atoms with van der Waals surface area (Å²) in [6.07, 6.45) is -0.00870. The molecule has 0 aliphatic carbocycles. The van der Waals surface area contributed by atoms with Gasteiger partial charge in [-0.2, -0.15) is 0 Å². The van der Waals surface area contributed by atoms with Gasteiger partial charge in [0, 0.05) is 10.3 Å². The summed E-state index contributed by atoms with van der Waals surface area (Å²) in [7, 11) is 0. The van der Waals surface area contributed by atoms with E-state index in [4.69, 9.17) is 10.2 Å². The number of rotatable bonds is 2. The van der Waals surface area contributed by atoms with Crippen LogP contribution in [0.15, 0.2) is 11.4 Å². The van der Waals surface area contributed by atoms with Crippen LogP contribution in [0.5, 0.6) is 5.75 Å². The molecule has 0 spiro atoms. The van der Waals surface area contributed by atoms with Crippen molar-refractivity contribution in [2.24, 2.45) is 0 Å². The molecular weight excluding hydrogens is 152 g/mol. The van der Waals surface area contributed by atoms with Crippen molar-refractivity contribution >= 4 is 17.3 Å². The lowest BCUT2D eigenvalue weighted by molar-refractivity contribution is -0.136. The summed E-state index contributed by atoms with van der Waals surface area (Å²) in [4.78, 5) is 10.8. The molecule has 0 bridgehead atoms. The van der Waals surface area contributed by atoms with Gasteiger partial charge in [0.15, 0.2) is 0 Å². The predicted molar refractivity (Wildman–Crippen MR) is 37.3 cm³/mol. The van der Waals surface area contributed by atoms with Gasteiger partial charge in [-0.25, -0.2) is 0 Å². The number of aliphatic carboxylic acids is 1. The van der Waals surface area contributed by atoms with Gasteiger partial charge in [0.05, 0.1) is 6.42 Å². The van der Waals surface area contributed by atoms with Crippen molar-refractivity contribution in [2.45, 2.75) is 6.42 Å². The number of thiophene rings is 1. The molecular formula is C6H6O3S. The van der Waals surface area contributed by atoms with Crippen LogP contribution in [0.4, 0.5) is 0 Å². The normalized spacial score (nSPS) is 9.60. The highest BCUT2D eigenvalue weighted by Crippen LogP contribution is 2.19. The maximum absolute atomic E-state index is 10.1. The Kier molecular flexibility index (Phi) is 1.91.